The number of hydrogen-bond acceptors (Lipinski definition) is 1. The Kier molecular flexibility index (Phi) is 5.62. The van der Waals surface area contributed by atoms with Crippen molar-refractivity contribution < 1.29 is 5.11 Å². The van der Waals surface area contributed by atoms with Crippen LogP contribution in [0.3, 0.4) is 0 Å². The van der Waals surface area contributed by atoms with E-state index in [-0.39, 0.29) is 0 Å². The van der Waals surface area contributed by atoms with Gasteiger partial charge in [0.25, 0.3) is 0 Å². The van der Waals surface area contributed by atoms with Crippen LogP contribution < -0.4 is 0 Å². The predicted octanol–water partition coefficient (Wildman–Crippen LogP) is 3.61. The number of hydrogen-bond donors (Lipinski definition) is 1. The van der Waals surface area contributed by atoms with Crippen LogP contribution in [0.25, 0.3) is 0 Å². The summed E-state index contributed by atoms with van der Waals surface area (Å²) in [5, 5.41) is 10.2. The van der Waals surface area contributed by atoms with E-state index in [1.54, 1.807) is 0 Å². The fourth-order valence-corrected chi connectivity index (χ4v) is 1.57. The Balaban J connectivity index is 3.90. The predicted molar refractivity (Wildman–Crippen MR) is 58.8 cm³/mol. The van der Waals surface area contributed by atoms with E-state index in [1.165, 1.54) is 6.42 Å². The minimum absolute atomic E-state index is 0.427. The van der Waals surface area contributed by atoms with Crippen molar-refractivity contribution in [3.63, 3.8) is 0 Å². The van der Waals surface area contributed by atoms with E-state index in [1.807, 2.05) is 6.92 Å². The second kappa shape index (κ2) is 5.64. The highest BCUT2D eigenvalue weighted by Crippen LogP contribution is 2.27. The van der Waals surface area contributed by atoms with Crippen molar-refractivity contribution >= 4 is 0 Å². The molecule has 0 spiro atoms. The molecule has 0 amide bonds. The fourth-order valence-electron chi connectivity index (χ4n) is 1.57. The minimum atomic E-state index is -0.458. The van der Waals surface area contributed by atoms with Gasteiger partial charge in [-0.15, -0.1) is 0 Å². The molecule has 80 valence electrons. The Labute approximate surface area is 83.5 Å². The normalized spacial score (nSPS) is 18.7. The maximum absolute atomic E-state index is 10.2. The van der Waals surface area contributed by atoms with Crippen LogP contribution in [0.1, 0.15) is 60.3 Å². The zero-order chi connectivity index (χ0) is 10.5. The first-order valence-electron chi connectivity index (χ1n) is 5.62. The smallest absolute Gasteiger partial charge is 0.0645 e. The molecule has 2 unspecified atom stereocenters. The lowest BCUT2D eigenvalue weighted by atomic mass is 9.82. The Hall–Kier alpha value is -0.0400. The first-order chi connectivity index (χ1) is 5.90. The summed E-state index contributed by atoms with van der Waals surface area (Å²) in [4.78, 5) is 0. The molecule has 0 heterocycles. The van der Waals surface area contributed by atoms with Crippen molar-refractivity contribution in [1.82, 2.24) is 0 Å². The number of rotatable bonds is 6. The van der Waals surface area contributed by atoms with Gasteiger partial charge in [-0.3, -0.25) is 0 Å². The van der Waals surface area contributed by atoms with Crippen molar-refractivity contribution in [2.45, 2.75) is 65.9 Å². The molecule has 0 saturated heterocycles. The zero-order valence-electron chi connectivity index (χ0n) is 9.93. The van der Waals surface area contributed by atoms with Crippen LogP contribution >= 0.6 is 0 Å². The Morgan fingerprint density at radius 3 is 2.08 bits per heavy atom. The third-order valence-electron chi connectivity index (χ3n) is 3.01. The van der Waals surface area contributed by atoms with Gasteiger partial charge in [0.1, 0.15) is 0 Å². The van der Waals surface area contributed by atoms with Gasteiger partial charge in [0.15, 0.2) is 0 Å². The monoisotopic (exact) mass is 186 g/mol. The number of aliphatic hydroxyl groups is 1. The fraction of sp³-hybridized carbons (Fsp3) is 1.00. The quantitative estimate of drug-likeness (QED) is 0.672. The van der Waals surface area contributed by atoms with E-state index >= 15 is 0 Å². The lowest BCUT2D eigenvalue weighted by molar-refractivity contribution is -0.00946. The molecular weight excluding hydrogens is 160 g/mol. The first-order valence-corrected chi connectivity index (χ1v) is 5.62. The summed E-state index contributed by atoms with van der Waals surface area (Å²) in [6, 6.07) is 0. The largest absolute Gasteiger partial charge is 0.390 e. The second-order valence-electron chi connectivity index (χ2n) is 4.98. The molecule has 0 aliphatic heterocycles. The van der Waals surface area contributed by atoms with Gasteiger partial charge in [0, 0.05) is 0 Å². The molecule has 0 aromatic rings. The molecule has 1 heteroatoms. The molecule has 1 N–H and O–H groups in total. The maximum atomic E-state index is 10.2. The SMILES string of the molecule is CCCC(C)C(C)(O)CCC(C)C. The van der Waals surface area contributed by atoms with E-state index in [2.05, 4.69) is 27.7 Å². The van der Waals surface area contributed by atoms with Crippen LogP contribution in [0, 0.1) is 11.8 Å². The summed E-state index contributed by atoms with van der Waals surface area (Å²) in [6.45, 7) is 10.7. The van der Waals surface area contributed by atoms with E-state index in [0.29, 0.717) is 11.8 Å². The highest BCUT2D eigenvalue weighted by Gasteiger charge is 2.27. The van der Waals surface area contributed by atoms with E-state index in [0.717, 1.165) is 19.3 Å². The summed E-state index contributed by atoms with van der Waals surface area (Å²) < 4.78 is 0. The van der Waals surface area contributed by atoms with Gasteiger partial charge >= 0.3 is 0 Å². The van der Waals surface area contributed by atoms with Gasteiger partial charge in [-0.1, -0.05) is 34.1 Å². The van der Waals surface area contributed by atoms with Gasteiger partial charge in [-0.25, -0.2) is 0 Å². The topological polar surface area (TPSA) is 20.2 Å². The molecule has 0 rings (SSSR count). The molecule has 0 aromatic carbocycles. The molecular formula is C12H26O. The molecule has 13 heavy (non-hydrogen) atoms. The Morgan fingerprint density at radius 2 is 1.69 bits per heavy atom. The lowest BCUT2D eigenvalue weighted by Gasteiger charge is -2.31. The lowest BCUT2D eigenvalue weighted by Crippen LogP contribution is -2.33. The summed E-state index contributed by atoms with van der Waals surface area (Å²) in [7, 11) is 0. The molecule has 0 radical (unpaired) electrons. The van der Waals surface area contributed by atoms with E-state index in [9.17, 15) is 5.11 Å². The van der Waals surface area contributed by atoms with Gasteiger partial charge in [0.2, 0.25) is 0 Å². The average Bonchev–Trinajstić information content (AvgIpc) is 2.01. The second-order valence-corrected chi connectivity index (χ2v) is 4.98. The van der Waals surface area contributed by atoms with Gasteiger partial charge in [-0.2, -0.15) is 0 Å². The molecule has 0 fully saturated rings. The molecule has 0 bridgehead atoms. The van der Waals surface area contributed by atoms with E-state index < -0.39 is 5.60 Å². The zero-order valence-corrected chi connectivity index (χ0v) is 9.93. The van der Waals surface area contributed by atoms with Crippen molar-refractivity contribution in [2.75, 3.05) is 0 Å². The summed E-state index contributed by atoms with van der Waals surface area (Å²) in [5.41, 5.74) is -0.458. The highest BCUT2D eigenvalue weighted by molar-refractivity contribution is 4.79. The van der Waals surface area contributed by atoms with Crippen molar-refractivity contribution in [3.8, 4) is 0 Å². The third-order valence-corrected chi connectivity index (χ3v) is 3.01. The molecule has 1 nitrogen and oxygen atoms in total. The molecule has 0 aliphatic carbocycles. The molecule has 0 aromatic heterocycles. The maximum Gasteiger partial charge on any atom is 0.0645 e. The Bertz CT molecular complexity index is 127. The molecule has 0 saturated carbocycles. The van der Waals surface area contributed by atoms with Crippen LogP contribution in [0.15, 0.2) is 0 Å². The summed E-state index contributed by atoms with van der Waals surface area (Å²) >= 11 is 0. The van der Waals surface area contributed by atoms with Crippen LogP contribution in [-0.2, 0) is 0 Å². The summed E-state index contributed by atoms with van der Waals surface area (Å²) in [6.07, 6.45) is 4.36. The van der Waals surface area contributed by atoms with Gasteiger partial charge in [-0.05, 0) is 38.0 Å². The summed E-state index contributed by atoms with van der Waals surface area (Å²) in [5.74, 6) is 1.12. The first kappa shape index (κ1) is 13.0. The van der Waals surface area contributed by atoms with E-state index in [4.69, 9.17) is 0 Å². The standard InChI is InChI=1S/C12H26O/c1-6-7-11(4)12(5,13)9-8-10(2)3/h10-11,13H,6-9H2,1-5H3. The Morgan fingerprint density at radius 1 is 1.15 bits per heavy atom. The molecule has 0 aliphatic rings. The highest BCUT2D eigenvalue weighted by atomic mass is 16.3. The van der Waals surface area contributed by atoms with Gasteiger partial charge in [0.05, 0.1) is 5.60 Å². The minimum Gasteiger partial charge on any atom is -0.390 e. The van der Waals surface area contributed by atoms with Crippen LogP contribution in [0.5, 0.6) is 0 Å². The van der Waals surface area contributed by atoms with Crippen LogP contribution in [-0.4, -0.2) is 10.7 Å². The average molecular weight is 186 g/mol. The van der Waals surface area contributed by atoms with Crippen LogP contribution in [0.4, 0.5) is 0 Å². The third kappa shape index (κ3) is 5.30. The van der Waals surface area contributed by atoms with Crippen LogP contribution in [0.2, 0.25) is 0 Å². The molecule has 2 atom stereocenters. The van der Waals surface area contributed by atoms with Gasteiger partial charge < -0.3 is 5.11 Å². The van der Waals surface area contributed by atoms with Crippen molar-refractivity contribution in [1.29, 1.82) is 0 Å². The van der Waals surface area contributed by atoms with Crippen molar-refractivity contribution in [3.05, 3.63) is 0 Å². The van der Waals surface area contributed by atoms with Crippen molar-refractivity contribution in [2.24, 2.45) is 11.8 Å².